The SMILES string of the molecule is COCCCOc1ccc(C(C)=O)c(F)c1. The molecule has 88 valence electrons. The number of ketones is 1. The number of Topliss-reactive ketones (excluding diaryl/α,β-unsaturated/α-hetero) is 1. The van der Waals surface area contributed by atoms with Crippen molar-refractivity contribution in [2.24, 2.45) is 0 Å². The third kappa shape index (κ3) is 3.62. The maximum absolute atomic E-state index is 13.4. The highest BCUT2D eigenvalue weighted by Gasteiger charge is 2.07. The first-order valence-corrected chi connectivity index (χ1v) is 5.07. The minimum atomic E-state index is -0.545. The third-order valence-electron chi connectivity index (χ3n) is 2.08. The molecule has 1 aromatic carbocycles. The minimum absolute atomic E-state index is 0.0873. The molecule has 0 saturated heterocycles. The molecule has 0 fully saturated rings. The Hall–Kier alpha value is -1.42. The first-order valence-electron chi connectivity index (χ1n) is 5.07. The summed E-state index contributed by atoms with van der Waals surface area (Å²) in [5, 5.41) is 0. The van der Waals surface area contributed by atoms with Crippen LogP contribution in [0.15, 0.2) is 18.2 Å². The summed E-state index contributed by atoms with van der Waals surface area (Å²) in [4.78, 5) is 11.0. The maximum Gasteiger partial charge on any atom is 0.162 e. The number of methoxy groups -OCH3 is 1. The molecule has 1 aromatic rings. The monoisotopic (exact) mass is 226 g/mol. The Kier molecular flexibility index (Phi) is 4.92. The van der Waals surface area contributed by atoms with Crippen LogP contribution in [0.5, 0.6) is 5.75 Å². The number of rotatable bonds is 6. The molecule has 0 spiro atoms. The molecular weight excluding hydrogens is 211 g/mol. The Bertz CT molecular complexity index is 363. The van der Waals surface area contributed by atoms with Gasteiger partial charge in [0.15, 0.2) is 5.78 Å². The number of ether oxygens (including phenoxy) is 2. The fraction of sp³-hybridized carbons (Fsp3) is 0.417. The van der Waals surface area contributed by atoms with Crippen molar-refractivity contribution >= 4 is 5.78 Å². The molecule has 0 saturated carbocycles. The van der Waals surface area contributed by atoms with Crippen molar-refractivity contribution in [1.82, 2.24) is 0 Å². The molecule has 3 nitrogen and oxygen atoms in total. The normalized spacial score (nSPS) is 10.2. The first-order chi connectivity index (χ1) is 7.65. The van der Waals surface area contributed by atoms with E-state index >= 15 is 0 Å². The van der Waals surface area contributed by atoms with Crippen molar-refractivity contribution in [2.75, 3.05) is 20.3 Å². The van der Waals surface area contributed by atoms with E-state index in [9.17, 15) is 9.18 Å². The lowest BCUT2D eigenvalue weighted by Gasteiger charge is -2.06. The average molecular weight is 226 g/mol. The van der Waals surface area contributed by atoms with E-state index in [1.165, 1.54) is 19.1 Å². The van der Waals surface area contributed by atoms with Gasteiger partial charge in [0.2, 0.25) is 0 Å². The second-order valence-corrected chi connectivity index (χ2v) is 3.39. The topological polar surface area (TPSA) is 35.5 Å². The van der Waals surface area contributed by atoms with E-state index in [-0.39, 0.29) is 11.3 Å². The summed E-state index contributed by atoms with van der Waals surface area (Å²) in [6.07, 6.45) is 0.743. The summed E-state index contributed by atoms with van der Waals surface area (Å²) < 4.78 is 23.5. The van der Waals surface area contributed by atoms with Gasteiger partial charge in [-0.15, -0.1) is 0 Å². The van der Waals surface area contributed by atoms with E-state index in [0.29, 0.717) is 19.0 Å². The Balaban J connectivity index is 2.56. The average Bonchev–Trinajstić information content (AvgIpc) is 2.24. The van der Waals surface area contributed by atoms with Crippen LogP contribution in [-0.4, -0.2) is 26.1 Å². The highest BCUT2D eigenvalue weighted by Crippen LogP contribution is 2.17. The smallest absolute Gasteiger partial charge is 0.162 e. The highest BCUT2D eigenvalue weighted by molar-refractivity contribution is 5.94. The Morgan fingerprint density at radius 2 is 2.12 bits per heavy atom. The van der Waals surface area contributed by atoms with Crippen molar-refractivity contribution in [1.29, 1.82) is 0 Å². The number of hydrogen-bond acceptors (Lipinski definition) is 3. The molecule has 1 rings (SSSR count). The van der Waals surface area contributed by atoms with Gasteiger partial charge in [-0.3, -0.25) is 4.79 Å². The van der Waals surface area contributed by atoms with E-state index in [4.69, 9.17) is 9.47 Å². The molecule has 4 heteroatoms. The number of carbonyl (C=O) groups is 1. The summed E-state index contributed by atoms with van der Waals surface area (Å²) in [5.74, 6) is -0.404. The van der Waals surface area contributed by atoms with E-state index in [1.807, 2.05) is 0 Å². The minimum Gasteiger partial charge on any atom is -0.493 e. The number of benzene rings is 1. The van der Waals surface area contributed by atoms with E-state index < -0.39 is 5.82 Å². The summed E-state index contributed by atoms with van der Waals surface area (Å²) in [6.45, 7) is 2.40. The lowest BCUT2D eigenvalue weighted by Crippen LogP contribution is -2.03. The second-order valence-electron chi connectivity index (χ2n) is 3.39. The molecule has 0 unspecified atom stereocenters. The van der Waals surface area contributed by atoms with Crippen molar-refractivity contribution in [3.8, 4) is 5.75 Å². The summed E-state index contributed by atoms with van der Waals surface area (Å²) >= 11 is 0. The number of carbonyl (C=O) groups excluding carboxylic acids is 1. The van der Waals surface area contributed by atoms with Crippen molar-refractivity contribution in [2.45, 2.75) is 13.3 Å². The van der Waals surface area contributed by atoms with Gasteiger partial charge in [-0.25, -0.2) is 4.39 Å². The van der Waals surface area contributed by atoms with Crippen LogP contribution < -0.4 is 4.74 Å². The highest BCUT2D eigenvalue weighted by atomic mass is 19.1. The molecule has 0 heterocycles. The van der Waals surface area contributed by atoms with Crippen LogP contribution in [-0.2, 0) is 4.74 Å². The molecule has 16 heavy (non-hydrogen) atoms. The fourth-order valence-corrected chi connectivity index (χ4v) is 1.26. The molecule has 0 aliphatic rings. The van der Waals surface area contributed by atoms with Gasteiger partial charge in [-0.2, -0.15) is 0 Å². The van der Waals surface area contributed by atoms with Crippen LogP contribution in [0.3, 0.4) is 0 Å². The molecule has 0 bridgehead atoms. The molecule has 0 aromatic heterocycles. The second kappa shape index (κ2) is 6.23. The maximum atomic E-state index is 13.4. The molecular formula is C12H15FO3. The van der Waals surface area contributed by atoms with Crippen molar-refractivity contribution < 1.29 is 18.7 Å². The van der Waals surface area contributed by atoms with Crippen LogP contribution in [0.2, 0.25) is 0 Å². The molecule has 0 atom stereocenters. The zero-order chi connectivity index (χ0) is 12.0. The van der Waals surface area contributed by atoms with Crippen molar-refractivity contribution in [3.63, 3.8) is 0 Å². The van der Waals surface area contributed by atoms with Crippen molar-refractivity contribution in [3.05, 3.63) is 29.6 Å². The molecule has 0 radical (unpaired) electrons. The van der Waals surface area contributed by atoms with Crippen LogP contribution in [0.25, 0.3) is 0 Å². The first kappa shape index (κ1) is 12.6. The number of halogens is 1. The lowest BCUT2D eigenvalue weighted by atomic mass is 10.1. The van der Waals surface area contributed by atoms with Gasteiger partial charge in [0, 0.05) is 26.2 Å². The largest absolute Gasteiger partial charge is 0.493 e. The van der Waals surface area contributed by atoms with E-state index in [1.54, 1.807) is 13.2 Å². The zero-order valence-electron chi connectivity index (χ0n) is 9.46. The molecule has 0 aliphatic heterocycles. The lowest BCUT2D eigenvalue weighted by molar-refractivity contribution is 0.101. The molecule has 0 amide bonds. The predicted molar refractivity (Wildman–Crippen MR) is 58.4 cm³/mol. The van der Waals surface area contributed by atoms with E-state index in [0.717, 1.165) is 6.42 Å². The van der Waals surface area contributed by atoms with Gasteiger partial charge >= 0.3 is 0 Å². The van der Waals surface area contributed by atoms with Gasteiger partial charge in [0.25, 0.3) is 0 Å². The Morgan fingerprint density at radius 3 is 2.69 bits per heavy atom. The number of hydrogen-bond donors (Lipinski definition) is 0. The summed E-state index contributed by atoms with van der Waals surface area (Å²) in [6, 6.07) is 4.25. The summed E-state index contributed by atoms with van der Waals surface area (Å²) in [7, 11) is 1.61. The van der Waals surface area contributed by atoms with Gasteiger partial charge < -0.3 is 9.47 Å². The van der Waals surface area contributed by atoms with Gasteiger partial charge in [0.1, 0.15) is 11.6 Å². The van der Waals surface area contributed by atoms with Gasteiger partial charge in [0.05, 0.1) is 12.2 Å². The molecule has 0 N–H and O–H groups in total. The third-order valence-corrected chi connectivity index (χ3v) is 2.08. The van der Waals surface area contributed by atoms with Crippen LogP contribution in [0.1, 0.15) is 23.7 Å². The van der Waals surface area contributed by atoms with Crippen LogP contribution in [0, 0.1) is 5.82 Å². The van der Waals surface area contributed by atoms with Crippen LogP contribution >= 0.6 is 0 Å². The zero-order valence-corrected chi connectivity index (χ0v) is 9.46. The quantitative estimate of drug-likeness (QED) is 0.552. The summed E-state index contributed by atoms with van der Waals surface area (Å²) in [5.41, 5.74) is 0.0873. The molecule has 0 aliphatic carbocycles. The van der Waals surface area contributed by atoms with Gasteiger partial charge in [-0.05, 0) is 19.1 Å². The predicted octanol–water partition coefficient (Wildman–Crippen LogP) is 2.44. The fourth-order valence-electron chi connectivity index (χ4n) is 1.26. The Morgan fingerprint density at radius 1 is 1.38 bits per heavy atom. The van der Waals surface area contributed by atoms with Gasteiger partial charge in [-0.1, -0.05) is 0 Å². The standard InChI is InChI=1S/C12H15FO3/c1-9(14)11-5-4-10(8-12(11)13)16-7-3-6-15-2/h4-5,8H,3,6-7H2,1-2H3. The van der Waals surface area contributed by atoms with Crippen LogP contribution in [0.4, 0.5) is 4.39 Å². The Labute approximate surface area is 94.2 Å². The van der Waals surface area contributed by atoms with E-state index in [2.05, 4.69) is 0 Å².